The summed E-state index contributed by atoms with van der Waals surface area (Å²) in [7, 11) is 3.40. The van der Waals surface area contributed by atoms with Gasteiger partial charge in [0.1, 0.15) is 5.82 Å². The first-order valence-corrected chi connectivity index (χ1v) is 8.94. The van der Waals surface area contributed by atoms with E-state index in [1.54, 1.807) is 20.4 Å². The van der Waals surface area contributed by atoms with Crippen molar-refractivity contribution in [3.05, 3.63) is 24.4 Å². The second-order valence-electron chi connectivity index (χ2n) is 6.67. The van der Waals surface area contributed by atoms with E-state index < -0.39 is 0 Å². The summed E-state index contributed by atoms with van der Waals surface area (Å²) in [6.07, 6.45) is 2.70. The van der Waals surface area contributed by atoms with Gasteiger partial charge in [-0.3, -0.25) is 0 Å². The molecule has 26 heavy (non-hydrogen) atoms. The number of hydrogen-bond acceptors (Lipinski definition) is 7. The Labute approximate surface area is 154 Å². The Morgan fingerprint density at radius 2 is 2.12 bits per heavy atom. The van der Waals surface area contributed by atoms with Gasteiger partial charge < -0.3 is 25.4 Å². The third-order valence-electron chi connectivity index (χ3n) is 4.53. The molecule has 1 aromatic heterocycles. The molecule has 1 aliphatic rings. The number of nitrogens with zero attached hydrogens (tertiary/aromatic N) is 3. The minimum atomic E-state index is 0.423. The van der Waals surface area contributed by atoms with Gasteiger partial charge in [-0.1, -0.05) is 13.0 Å². The average molecular weight is 357 g/mol. The molecule has 0 radical (unpaired) electrons. The van der Waals surface area contributed by atoms with Crippen molar-refractivity contribution in [1.82, 2.24) is 14.9 Å². The second-order valence-corrected chi connectivity index (χ2v) is 6.67. The van der Waals surface area contributed by atoms with E-state index >= 15 is 0 Å². The summed E-state index contributed by atoms with van der Waals surface area (Å²) in [6, 6.07) is 5.74. The van der Waals surface area contributed by atoms with E-state index in [4.69, 9.17) is 15.2 Å². The first-order chi connectivity index (χ1) is 12.6. The van der Waals surface area contributed by atoms with Crippen LogP contribution in [0, 0.1) is 5.92 Å². The molecule has 0 aliphatic carbocycles. The molecule has 2 heterocycles. The monoisotopic (exact) mass is 357 g/mol. The Hall–Kier alpha value is -2.54. The molecular formula is C19H27N5O2. The number of aromatic nitrogens is 2. The summed E-state index contributed by atoms with van der Waals surface area (Å²) in [4.78, 5) is 10.9. The Morgan fingerprint density at radius 3 is 2.77 bits per heavy atom. The van der Waals surface area contributed by atoms with Gasteiger partial charge in [0.25, 0.3) is 0 Å². The van der Waals surface area contributed by atoms with E-state index in [-0.39, 0.29) is 0 Å². The first kappa shape index (κ1) is 18.3. The zero-order valence-electron chi connectivity index (χ0n) is 15.7. The number of nitrogens with one attached hydrogen (secondary N) is 1. The molecule has 1 aliphatic heterocycles. The van der Waals surface area contributed by atoms with Gasteiger partial charge in [0.15, 0.2) is 11.5 Å². The van der Waals surface area contributed by atoms with Crippen LogP contribution in [-0.2, 0) is 0 Å². The normalized spacial score (nSPS) is 14.7. The van der Waals surface area contributed by atoms with Crippen molar-refractivity contribution in [3.8, 4) is 22.6 Å². The number of ether oxygens (including phenoxy) is 2. The van der Waals surface area contributed by atoms with Crippen molar-refractivity contribution in [2.75, 3.05) is 51.4 Å². The third kappa shape index (κ3) is 4.16. The highest BCUT2D eigenvalue weighted by Gasteiger charge is 2.21. The maximum absolute atomic E-state index is 6.07. The van der Waals surface area contributed by atoms with Gasteiger partial charge in [-0.2, -0.15) is 4.98 Å². The molecule has 0 atom stereocenters. The lowest BCUT2D eigenvalue weighted by atomic mass is 10.0. The Kier molecular flexibility index (Phi) is 5.78. The topological polar surface area (TPSA) is 85.5 Å². The van der Waals surface area contributed by atoms with Gasteiger partial charge in [0.05, 0.1) is 13.7 Å². The summed E-state index contributed by atoms with van der Waals surface area (Å²) in [5, 5.41) is 2.88. The van der Waals surface area contributed by atoms with E-state index in [0.29, 0.717) is 29.9 Å². The molecule has 0 spiro atoms. The number of anilines is 2. The number of hydrogen-bond donors (Lipinski definition) is 2. The van der Waals surface area contributed by atoms with Crippen molar-refractivity contribution in [3.63, 3.8) is 0 Å². The highest BCUT2D eigenvalue weighted by Crippen LogP contribution is 2.34. The number of methoxy groups -OCH3 is 1. The van der Waals surface area contributed by atoms with Gasteiger partial charge in [0, 0.05) is 38.4 Å². The second kappa shape index (κ2) is 8.23. The predicted octanol–water partition coefficient (Wildman–Crippen LogP) is 2.50. The SMILES string of the molecule is CNc1ncc(-c2ccc(OC)c(OCCCN3CC(C)C3)c2)c(N)n1. The van der Waals surface area contributed by atoms with Crippen LogP contribution in [0.25, 0.3) is 11.1 Å². The highest BCUT2D eigenvalue weighted by atomic mass is 16.5. The van der Waals surface area contributed by atoms with E-state index in [0.717, 1.165) is 30.0 Å². The molecule has 3 rings (SSSR count). The van der Waals surface area contributed by atoms with E-state index in [1.165, 1.54) is 13.1 Å². The number of nitrogens with two attached hydrogens (primary N) is 1. The Bertz CT molecular complexity index is 747. The fourth-order valence-corrected chi connectivity index (χ4v) is 3.18. The van der Waals surface area contributed by atoms with Crippen LogP contribution in [0.3, 0.4) is 0 Å². The zero-order chi connectivity index (χ0) is 18.5. The lowest BCUT2D eigenvalue weighted by molar-refractivity contribution is 0.105. The van der Waals surface area contributed by atoms with Crippen LogP contribution in [0.2, 0.25) is 0 Å². The van der Waals surface area contributed by atoms with E-state index in [9.17, 15) is 0 Å². The summed E-state index contributed by atoms with van der Waals surface area (Å²) >= 11 is 0. The van der Waals surface area contributed by atoms with Crippen LogP contribution in [0.5, 0.6) is 11.5 Å². The van der Waals surface area contributed by atoms with Crippen LogP contribution < -0.4 is 20.5 Å². The van der Waals surface area contributed by atoms with Gasteiger partial charge in [-0.05, 0) is 30.0 Å². The molecule has 0 bridgehead atoms. The number of likely N-dealkylation sites (tertiary alicyclic amines) is 1. The Morgan fingerprint density at radius 1 is 1.31 bits per heavy atom. The van der Waals surface area contributed by atoms with Crippen LogP contribution >= 0.6 is 0 Å². The van der Waals surface area contributed by atoms with Crippen molar-refractivity contribution < 1.29 is 9.47 Å². The molecule has 1 fully saturated rings. The molecule has 2 aromatic rings. The fourth-order valence-electron chi connectivity index (χ4n) is 3.18. The van der Waals surface area contributed by atoms with Crippen LogP contribution in [0.1, 0.15) is 13.3 Å². The van der Waals surface area contributed by atoms with Gasteiger partial charge in [-0.15, -0.1) is 0 Å². The third-order valence-corrected chi connectivity index (χ3v) is 4.53. The van der Waals surface area contributed by atoms with Crippen molar-refractivity contribution in [1.29, 1.82) is 0 Å². The molecule has 1 saturated heterocycles. The quantitative estimate of drug-likeness (QED) is 0.702. The van der Waals surface area contributed by atoms with E-state index in [2.05, 4.69) is 27.1 Å². The molecular weight excluding hydrogens is 330 g/mol. The summed E-state index contributed by atoms with van der Waals surface area (Å²) in [6.45, 7) is 6.39. The molecule has 140 valence electrons. The van der Waals surface area contributed by atoms with Gasteiger partial charge >= 0.3 is 0 Å². The predicted molar refractivity (Wildman–Crippen MR) is 104 cm³/mol. The first-order valence-electron chi connectivity index (χ1n) is 8.94. The van der Waals surface area contributed by atoms with Crippen molar-refractivity contribution >= 4 is 11.8 Å². The average Bonchev–Trinajstić information content (AvgIpc) is 2.63. The molecule has 7 heteroatoms. The Balaban J connectivity index is 1.68. The lowest BCUT2D eigenvalue weighted by Gasteiger charge is -2.37. The number of rotatable bonds is 8. The molecule has 0 amide bonds. The van der Waals surface area contributed by atoms with Crippen molar-refractivity contribution in [2.24, 2.45) is 5.92 Å². The zero-order valence-corrected chi connectivity index (χ0v) is 15.7. The molecule has 7 nitrogen and oxygen atoms in total. The maximum atomic E-state index is 6.07. The highest BCUT2D eigenvalue weighted by molar-refractivity contribution is 5.75. The molecule has 3 N–H and O–H groups in total. The fraction of sp³-hybridized carbons (Fsp3) is 0.474. The molecule has 0 unspecified atom stereocenters. The summed E-state index contributed by atoms with van der Waals surface area (Å²) in [5.74, 6) is 3.16. The minimum absolute atomic E-state index is 0.423. The molecule has 1 aromatic carbocycles. The number of benzene rings is 1. The van der Waals surface area contributed by atoms with Gasteiger partial charge in [-0.25, -0.2) is 4.98 Å². The van der Waals surface area contributed by atoms with Crippen LogP contribution in [-0.4, -0.2) is 55.3 Å². The van der Waals surface area contributed by atoms with Gasteiger partial charge in [0.2, 0.25) is 5.95 Å². The standard InChI is InChI=1S/C19H27N5O2/c1-13-11-24(12-13)7-4-8-26-17-9-14(5-6-16(17)25-3)15-10-22-19(21-2)23-18(15)20/h5-6,9-10,13H,4,7-8,11-12H2,1-3H3,(H3,20,21,22,23). The molecule has 0 saturated carbocycles. The summed E-state index contributed by atoms with van der Waals surface area (Å²) < 4.78 is 11.4. The van der Waals surface area contributed by atoms with E-state index in [1.807, 2.05) is 18.2 Å². The lowest BCUT2D eigenvalue weighted by Crippen LogP contribution is -2.45. The maximum Gasteiger partial charge on any atom is 0.224 e. The van der Waals surface area contributed by atoms with Crippen molar-refractivity contribution in [2.45, 2.75) is 13.3 Å². The van der Waals surface area contributed by atoms with Crippen LogP contribution in [0.15, 0.2) is 24.4 Å². The van der Waals surface area contributed by atoms with Crippen LogP contribution in [0.4, 0.5) is 11.8 Å². The minimum Gasteiger partial charge on any atom is -0.493 e. The summed E-state index contributed by atoms with van der Waals surface area (Å²) in [5.41, 5.74) is 7.74. The number of nitrogen functional groups attached to an aromatic ring is 1. The smallest absolute Gasteiger partial charge is 0.224 e. The largest absolute Gasteiger partial charge is 0.493 e.